The van der Waals surface area contributed by atoms with E-state index in [1.807, 2.05) is 0 Å². The summed E-state index contributed by atoms with van der Waals surface area (Å²) in [4.78, 5) is 2.49. The van der Waals surface area contributed by atoms with Crippen molar-refractivity contribution in [3.63, 3.8) is 0 Å². The fourth-order valence-corrected chi connectivity index (χ4v) is 3.24. The molecule has 1 fully saturated rings. The summed E-state index contributed by atoms with van der Waals surface area (Å²) in [6.45, 7) is 4.45. The maximum Gasteiger partial charge on any atom is 0.135 e. The van der Waals surface area contributed by atoms with Crippen LogP contribution in [0.3, 0.4) is 0 Å². The van der Waals surface area contributed by atoms with E-state index >= 15 is 0 Å². The van der Waals surface area contributed by atoms with Crippen molar-refractivity contribution in [3.8, 4) is 11.3 Å². The Balaban J connectivity index is 1.69. The number of hydrogen-bond acceptors (Lipinski definition) is 2. The molecule has 0 amide bonds. The van der Waals surface area contributed by atoms with Gasteiger partial charge in [-0.05, 0) is 50.5 Å². The van der Waals surface area contributed by atoms with Crippen LogP contribution in [0.1, 0.15) is 24.8 Å². The second-order valence-corrected chi connectivity index (χ2v) is 6.25. The van der Waals surface area contributed by atoms with E-state index in [-0.39, 0.29) is 0 Å². The van der Waals surface area contributed by atoms with Gasteiger partial charge in [0.25, 0.3) is 0 Å². The Labute approximate surface area is 131 Å². The third-order valence-corrected chi connectivity index (χ3v) is 4.56. The van der Waals surface area contributed by atoms with Gasteiger partial charge in [-0.15, -0.1) is 0 Å². The standard InChI is InChI=1S/C20H21NO/c1-15-5-7-16(8-6-15)20-14-17-13-18(9-10-19(17)22-20)21-11-3-2-4-12-21/h5-10,13-14H,2-4,11-12H2,1H3. The number of nitrogens with zero attached hydrogens (tertiary/aromatic N) is 1. The number of rotatable bonds is 2. The minimum Gasteiger partial charge on any atom is -0.456 e. The number of hydrogen-bond donors (Lipinski definition) is 0. The van der Waals surface area contributed by atoms with E-state index < -0.39 is 0 Å². The summed E-state index contributed by atoms with van der Waals surface area (Å²) in [7, 11) is 0. The van der Waals surface area contributed by atoms with Crippen molar-refractivity contribution in [1.29, 1.82) is 0 Å². The number of benzene rings is 2. The average molecular weight is 291 g/mol. The van der Waals surface area contributed by atoms with Gasteiger partial charge in [-0.2, -0.15) is 0 Å². The lowest BCUT2D eigenvalue weighted by Gasteiger charge is -2.28. The lowest BCUT2D eigenvalue weighted by Crippen LogP contribution is -2.29. The normalized spacial score (nSPS) is 15.4. The number of anilines is 1. The first-order valence-corrected chi connectivity index (χ1v) is 8.15. The lowest BCUT2D eigenvalue weighted by atomic mass is 10.1. The highest BCUT2D eigenvalue weighted by molar-refractivity contribution is 5.86. The molecule has 22 heavy (non-hydrogen) atoms. The minimum absolute atomic E-state index is 0.950. The summed E-state index contributed by atoms with van der Waals surface area (Å²) in [5.74, 6) is 0.950. The molecule has 0 bridgehead atoms. The highest BCUT2D eigenvalue weighted by Crippen LogP contribution is 2.31. The summed E-state index contributed by atoms with van der Waals surface area (Å²) < 4.78 is 6.02. The molecule has 2 nitrogen and oxygen atoms in total. The van der Waals surface area contributed by atoms with Gasteiger partial charge in [0.2, 0.25) is 0 Å². The largest absolute Gasteiger partial charge is 0.456 e. The predicted molar refractivity (Wildman–Crippen MR) is 92.5 cm³/mol. The summed E-state index contributed by atoms with van der Waals surface area (Å²) in [6, 6.07) is 17.2. The highest BCUT2D eigenvalue weighted by Gasteiger charge is 2.13. The van der Waals surface area contributed by atoms with E-state index in [0.29, 0.717) is 0 Å². The van der Waals surface area contributed by atoms with Crippen LogP contribution in [0, 0.1) is 6.92 Å². The van der Waals surface area contributed by atoms with Crippen LogP contribution in [0.15, 0.2) is 52.9 Å². The molecule has 2 heterocycles. The van der Waals surface area contributed by atoms with Crippen LogP contribution >= 0.6 is 0 Å². The molecule has 0 unspecified atom stereocenters. The summed E-state index contributed by atoms with van der Waals surface area (Å²) in [5.41, 5.74) is 4.70. The van der Waals surface area contributed by atoms with Crippen molar-refractivity contribution < 1.29 is 4.42 Å². The third-order valence-electron chi connectivity index (χ3n) is 4.56. The van der Waals surface area contributed by atoms with Crippen LogP contribution in [0.25, 0.3) is 22.3 Å². The first-order chi connectivity index (χ1) is 10.8. The Bertz CT molecular complexity index is 779. The van der Waals surface area contributed by atoms with Gasteiger partial charge >= 0.3 is 0 Å². The van der Waals surface area contributed by atoms with Crippen molar-refractivity contribution in [1.82, 2.24) is 0 Å². The molecule has 2 aromatic carbocycles. The molecule has 1 aliphatic rings. The van der Waals surface area contributed by atoms with Crippen molar-refractivity contribution in [2.24, 2.45) is 0 Å². The van der Waals surface area contributed by atoms with Gasteiger partial charge in [-0.3, -0.25) is 0 Å². The highest BCUT2D eigenvalue weighted by atomic mass is 16.3. The molecule has 1 saturated heterocycles. The predicted octanol–water partition coefficient (Wildman–Crippen LogP) is 5.40. The van der Waals surface area contributed by atoms with Gasteiger partial charge in [0.05, 0.1) is 0 Å². The monoisotopic (exact) mass is 291 g/mol. The quantitative estimate of drug-likeness (QED) is 0.628. The maximum absolute atomic E-state index is 6.02. The summed E-state index contributed by atoms with van der Waals surface area (Å²) in [6.07, 6.45) is 3.97. The van der Waals surface area contributed by atoms with Crippen molar-refractivity contribution in [2.45, 2.75) is 26.2 Å². The minimum atomic E-state index is 0.950. The maximum atomic E-state index is 6.02. The average Bonchev–Trinajstić information content (AvgIpc) is 2.99. The van der Waals surface area contributed by atoms with E-state index in [0.717, 1.165) is 16.9 Å². The van der Waals surface area contributed by atoms with Crippen LogP contribution < -0.4 is 4.90 Å². The van der Waals surface area contributed by atoms with E-state index in [9.17, 15) is 0 Å². The topological polar surface area (TPSA) is 16.4 Å². The third kappa shape index (κ3) is 2.50. The van der Waals surface area contributed by atoms with Crippen LogP contribution in [-0.2, 0) is 0 Å². The molecule has 0 atom stereocenters. The van der Waals surface area contributed by atoms with Crippen LogP contribution in [0.2, 0.25) is 0 Å². The summed E-state index contributed by atoms with van der Waals surface area (Å²) in [5, 5.41) is 1.19. The van der Waals surface area contributed by atoms with Gasteiger partial charge in [-0.25, -0.2) is 0 Å². The van der Waals surface area contributed by atoms with E-state index in [4.69, 9.17) is 4.42 Å². The molecule has 4 rings (SSSR count). The Morgan fingerprint density at radius 1 is 0.864 bits per heavy atom. The molecular weight excluding hydrogens is 270 g/mol. The van der Waals surface area contributed by atoms with Gasteiger partial charge < -0.3 is 9.32 Å². The second kappa shape index (κ2) is 5.53. The van der Waals surface area contributed by atoms with Crippen LogP contribution in [0.5, 0.6) is 0 Å². The molecule has 1 aromatic heterocycles. The fourth-order valence-electron chi connectivity index (χ4n) is 3.24. The van der Waals surface area contributed by atoms with Crippen molar-refractivity contribution >= 4 is 16.7 Å². The smallest absolute Gasteiger partial charge is 0.135 e. The Morgan fingerprint density at radius 3 is 2.41 bits per heavy atom. The Hall–Kier alpha value is -2.22. The van der Waals surface area contributed by atoms with Crippen molar-refractivity contribution in [3.05, 3.63) is 54.1 Å². The molecule has 2 heteroatoms. The second-order valence-electron chi connectivity index (χ2n) is 6.25. The number of fused-ring (bicyclic) bond motifs is 1. The molecule has 0 saturated carbocycles. The number of piperidine rings is 1. The zero-order valence-corrected chi connectivity index (χ0v) is 13.0. The fraction of sp³-hybridized carbons (Fsp3) is 0.300. The zero-order valence-electron chi connectivity index (χ0n) is 13.0. The van der Waals surface area contributed by atoms with E-state index in [2.05, 4.69) is 60.4 Å². The number of aryl methyl sites for hydroxylation is 1. The van der Waals surface area contributed by atoms with Crippen LogP contribution in [-0.4, -0.2) is 13.1 Å². The molecule has 0 radical (unpaired) electrons. The van der Waals surface area contributed by atoms with Gasteiger partial charge in [0, 0.05) is 29.7 Å². The lowest BCUT2D eigenvalue weighted by molar-refractivity contribution is 0.578. The number of furan rings is 1. The summed E-state index contributed by atoms with van der Waals surface area (Å²) >= 11 is 0. The SMILES string of the molecule is Cc1ccc(-c2cc3cc(N4CCCCC4)ccc3o2)cc1. The van der Waals surface area contributed by atoms with Gasteiger partial charge in [-0.1, -0.05) is 29.8 Å². The van der Waals surface area contributed by atoms with Crippen LogP contribution in [0.4, 0.5) is 5.69 Å². The molecule has 0 N–H and O–H groups in total. The van der Waals surface area contributed by atoms with E-state index in [1.54, 1.807) is 0 Å². The molecule has 112 valence electrons. The van der Waals surface area contributed by atoms with Crippen molar-refractivity contribution in [2.75, 3.05) is 18.0 Å². The first kappa shape index (κ1) is 13.4. The molecule has 0 aliphatic carbocycles. The molecule has 1 aliphatic heterocycles. The zero-order chi connectivity index (χ0) is 14.9. The molecule has 3 aromatic rings. The molecular formula is C20H21NO. The Kier molecular flexibility index (Phi) is 3.38. The van der Waals surface area contributed by atoms with Gasteiger partial charge in [0.1, 0.15) is 11.3 Å². The first-order valence-electron chi connectivity index (χ1n) is 8.15. The Morgan fingerprint density at radius 2 is 1.64 bits per heavy atom. The molecule has 0 spiro atoms. The van der Waals surface area contributed by atoms with Gasteiger partial charge in [0.15, 0.2) is 0 Å². The van der Waals surface area contributed by atoms with E-state index in [1.165, 1.54) is 49.0 Å².